The van der Waals surface area contributed by atoms with Gasteiger partial charge in [-0.05, 0) is 43.9 Å². The van der Waals surface area contributed by atoms with Crippen LogP contribution in [0.25, 0.3) is 0 Å². The molecule has 0 aliphatic heterocycles. The molecule has 1 aliphatic rings. The summed E-state index contributed by atoms with van der Waals surface area (Å²) in [6.45, 7) is 0. The van der Waals surface area contributed by atoms with Gasteiger partial charge in [-0.25, -0.2) is 8.42 Å². The zero-order chi connectivity index (χ0) is 13.2. The maximum atomic E-state index is 11.2. The van der Waals surface area contributed by atoms with Gasteiger partial charge in [0, 0.05) is 10.7 Å². The van der Waals surface area contributed by atoms with Gasteiger partial charge in [0.05, 0.1) is 16.0 Å². The molecular formula is C12H14Cl2O3S. The van der Waals surface area contributed by atoms with Crippen molar-refractivity contribution >= 4 is 31.3 Å². The summed E-state index contributed by atoms with van der Waals surface area (Å²) in [5.41, 5.74) is 0. The average Bonchev–Trinajstić information content (AvgIpc) is 2.32. The van der Waals surface area contributed by atoms with E-state index in [-0.39, 0.29) is 16.0 Å². The Morgan fingerprint density at radius 3 is 2.39 bits per heavy atom. The fraction of sp³-hybridized carbons (Fsp3) is 0.500. The lowest BCUT2D eigenvalue weighted by molar-refractivity contribution is 0.155. The van der Waals surface area contributed by atoms with E-state index < -0.39 is 9.05 Å². The molecule has 2 rings (SSSR count). The molecule has 18 heavy (non-hydrogen) atoms. The van der Waals surface area contributed by atoms with Crippen LogP contribution in [0.5, 0.6) is 5.75 Å². The van der Waals surface area contributed by atoms with Crippen LogP contribution < -0.4 is 4.74 Å². The minimum absolute atomic E-state index is 0.00911. The molecule has 0 saturated heterocycles. The molecule has 6 heteroatoms. The standard InChI is InChI=1S/C12H14Cl2O3S/c13-11-8-10(18(14,15)16)6-7-12(11)17-9-4-2-1-3-5-9/h6-9H,1-5H2. The summed E-state index contributed by atoms with van der Waals surface area (Å²) >= 11 is 6.01. The first-order chi connectivity index (χ1) is 8.47. The summed E-state index contributed by atoms with van der Waals surface area (Å²) in [6, 6.07) is 4.29. The van der Waals surface area contributed by atoms with Gasteiger partial charge in [0.15, 0.2) is 0 Å². The van der Waals surface area contributed by atoms with Crippen LogP contribution in [0.1, 0.15) is 32.1 Å². The van der Waals surface area contributed by atoms with E-state index in [4.69, 9.17) is 27.0 Å². The SMILES string of the molecule is O=S(=O)(Cl)c1ccc(OC2CCCCC2)c(Cl)c1. The fourth-order valence-corrected chi connectivity index (χ4v) is 3.16. The number of rotatable bonds is 3. The monoisotopic (exact) mass is 308 g/mol. The Morgan fingerprint density at radius 1 is 1.17 bits per heavy atom. The first kappa shape index (κ1) is 14.0. The van der Waals surface area contributed by atoms with Crippen molar-refractivity contribution in [3.63, 3.8) is 0 Å². The fourth-order valence-electron chi connectivity index (χ4n) is 2.09. The van der Waals surface area contributed by atoms with Gasteiger partial charge in [-0.2, -0.15) is 0 Å². The summed E-state index contributed by atoms with van der Waals surface area (Å²) < 4.78 is 28.1. The number of ether oxygens (including phenoxy) is 1. The summed E-state index contributed by atoms with van der Waals surface area (Å²) in [5, 5.41) is 0.280. The quantitative estimate of drug-likeness (QED) is 0.793. The third-order valence-electron chi connectivity index (χ3n) is 3.03. The Kier molecular flexibility index (Phi) is 4.41. The molecule has 1 aromatic carbocycles. The number of hydrogen-bond donors (Lipinski definition) is 0. The minimum atomic E-state index is -3.74. The highest BCUT2D eigenvalue weighted by atomic mass is 35.7. The topological polar surface area (TPSA) is 43.4 Å². The molecule has 0 N–H and O–H groups in total. The zero-order valence-corrected chi connectivity index (χ0v) is 12.1. The molecule has 0 spiro atoms. The molecule has 1 aromatic rings. The van der Waals surface area contributed by atoms with E-state index in [2.05, 4.69) is 0 Å². The Balaban J connectivity index is 2.14. The van der Waals surface area contributed by atoms with E-state index in [0.717, 1.165) is 25.7 Å². The molecule has 0 atom stereocenters. The van der Waals surface area contributed by atoms with Gasteiger partial charge in [0.1, 0.15) is 5.75 Å². The Hall–Kier alpha value is -0.450. The van der Waals surface area contributed by atoms with Crippen molar-refractivity contribution in [2.75, 3.05) is 0 Å². The van der Waals surface area contributed by atoms with E-state index in [1.54, 1.807) is 6.07 Å². The molecule has 0 bridgehead atoms. The van der Waals surface area contributed by atoms with Gasteiger partial charge in [-0.1, -0.05) is 18.0 Å². The van der Waals surface area contributed by atoms with Gasteiger partial charge in [0.25, 0.3) is 9.05 Å². The van der Waals surface area contributed by atoms with Crippen molar-refractivity contribution in [2.45, 2.75) is 43.1 Å². The van der Waals surface area contributed by atoms with Crippen LogP contribution in [0.15, 0.2) is 23.1 Å². The predicted molar refractivity (Wildman–Crippen MR) is 72.0 cm³/mol. The average molecular weight is 309 g/mol. The van der Waals surface area contributed by atoms with Crippen molar-refractivity contribution in [1.29, 1.82) is 0 Å². The summed E-state index contributed by atoms with van der Waals surface area (Å²) in [6.07, 6.45) is 5.79. The number of hydrogen-bond acceptors (Lipinski definition) is 3. The molecule has 3 nitrogen and oxygen atoms in total. The third kappa shape index (κ3) is 3.53. The molecule has 0 unspecified atom stereocenters. The van der Waals surface area contributed by atoms with E-state index in [0.29, 0.717) is 5.75 Å². The lowest BCUT2D eigenvalue weighted by atomic mass is 9.98. The molecule has 1 aliphatic carbocycles. The van der Waals surface area contributed by atoms with Gasteiger partial charge >= 0.3 is 0 Å². The highest BCUT2D eigenvalue weighted by Crippen LogP contribution is 2.31. The van der Waals surface area contributed by atoms with Crippen LogP contribution in [0, 0.1) is 0 Å². The highest BCUT2D eigenvalue weighted by Gasteiger charge is 2.18. The molecule has 100 valence electrons. The number of benzene rings is 1. The predicted octanol–water partition coefficient (Wildman–Crippen LogP) is 3.98. The molecule has 1 saturated carbocycles. The van der Waals surface area contributed by atoms with Crippen LogP contribution in [0.3, 0.4) is 0 Å². The lowest BCUT2D eigenvalue weighted by Gasteiger charge is -2.23. The molecule has 0 heterocycles. The first-order valence-electron chi connectivity index (χ1n) is 5.88. The normalized spacial score (nSPS) is 17.7. The highest BCUT2D eigenvalue weighted by molar-refractivity contribution is 8.13. The van der Waals surface area contributed by atoms with E-state index in [9.17, 15) is 8.42 Å². The summed E-state index contributed by atoms with van der Waals surface area (Å²) in [4.78, 5) is -0.00911. The summed E-state index contributed by atoms with van der Waals surface area (Å²) in [5.74, 6) is 0.521. The zero-order valence-electron chi connectivity index (χ0n) is 9.73. The second kappa shape index (κ2) is 5.68. The smallest absolute Gasteiger partial charge is 0.261 e. The molecule has 0 radical (unpaired) electrons. The van der Waals surface area contributed by atoms with Crippen molar-refractivity contribution in [3.8, 4) is 5.75 Å². The van der Waals surface area contributed by atoms with Gasteiger partial charge in [0.2, 0.25) is 0 Å². The Bertz CT molecular complexity index is 522. The van der Waals surface area contributed by atoms with Crippen molar-refractivity contribution in [1.82, 2.24) is 0 Å². The van der Waals surface area contributed by atoms with Crippen molar-refractivity contribution in [2.24, 2.45) is 0 Å². The largest absolute Gasteiger partial charge is 0.489 e. The van der Waals surface area contributed by atoms with Crippen LogP contribution in [0.2, 0.25) is 5.02 Å². The molecule has 1 fully saturated rings. The van der Waals surface area contributed by atoms with Gasteiger partial charge in [-0.15, -0.1) is 0 Å². The van der Waals surface area contributed by atoms with Gasteiger partial charge < -0.3 is 4.74 Å². The van der Waals surface area contributed by atoms with E-state index in [1.807, 2.05) is 0 Å². The van der Waals surface area contributed by atoms with Crippen LogP contribution in [0.4, 0.5) is 0 Å². The number of halogens is 2. The van der Waals surface area contributed by atoms with E-state index >= 15 is 0 Å². The molecule has 0 aromatic heterocycles. The van der Waals surface area contributed by atoms with E-state index in [1.165, 1.54) is 18.6 Å². The second-order valence-corrected chi connectivity index (χ2v) is 7.38. The maximum absolute atomic E-state index is 11.2. The minimum Gasteiger partial charge on any atom is -0.489 e. The third-order valence-corrected chi connectivity index (χ3v) is 4.68. The van der Waals surface area contributed by atoms with Crippen LogP contribution >= 0.6 is 22.3 Å². The van der Waals surface area contributed by atoms with Crippen LogP contribution in [-0.4, -0.2) is 14.5 Å². The van der Waals surface area contributed by atoms with Crippen molar-refractivity contribution in [3.05, 3.63) is 23.2 Å². The molecular weight excluding hydrogens is 295 g/mol. The summed E-state index contributed by atoms with van der Waals surface area (Å²) in [7, 11) is 1.50. The first-order valence-corrected chi connectivity index (χ1v) is 8.56. The van der Waals surface area contributed by atoms with Gasteiger partial charge in [-0.3, -0.25) is 0 Å². The lowest BCUT2D eigenvalue weighted by Crippen LogP contribution is -2.19. The molecule has 0 amide bonds. The maximum Gasteiger partial charge on any atom is 0.261 e. The van der Waals surface area contributed by atoms with Crippen molar-refractivity contribution < 1.29 is 13.2 Å². The second-order valence-electron chi connectivity index (χ2n) is 4.41. The Labute approximate surface area is 116 Å². The van der Waals surface area contributed by atoms with Crippen LogP contribution in [-0.2, 0) is 9.05 Å². The Morgan fingerprint density at radius 2 is 1.83 bits per heavy atom.